The number of para-hydroxylation sites is 1. The Morgan fingerprint density at radius 1 is 0.971 bits per heavy atom. The van der Waals surface area contributed by atoms with E-state index in [4.69, 9.17) is 0 Å². The Hall–Kier alpha value is -3.58. The van der Waals surface area contributed by atoms with E-state index in [-0.39, 0.29) is 35.8 Å². The number of aromatic hydroxyl groups is 1. The molecule has 2 aromatic rings. The summed E-state index contributed by atoms with van der Waals surface area (Å²) in [6.45, 7) is 6.23. The van der Waals surface area contributed by atoms with Crippen LogP contribution in [0.2, 0.25) is 0 Å². The lowest BCUT2D eigenvalue weighted by molar-refractivity contribution is -0.117. The van der Waals surface area contributed by atoms with Gasteiger partial charge < -0.3 is 15.5 Å². The van der Waals surface area contributed by atoms with Crippen LogP contribution in [0.3, 0.4) is 0 Å². The number of phenols is 1. The minimum Gasteiger partial charge on any atom is -0.507 e. The van der Waals surface area contributed by atoms with Gasteiger partial charge >= 0.3 is 0 Å². The molecular weight excluding hydrogens is 449 g/mol. The molecule has 0 bridgehead atoms. The minimum absolute atomic E-state index is 0.0590. The van der Waals surface area contributed by atoms with Crippen LogP contribution in [-0.2, 0) is 16.0 Å². The summed E-state index contributed by atoms with van der Waals surface area (Å²) in [6, 6.07) is 11.9. The fourth-order valence-electron chi connectivity index (χ4n) is 4.42. The van der Waals surface area contributed by atoms with E-state index in [9.17, 15) is 29.0 Å². The van der Waals surface area contributed by atoms with Gasteiger partial charge in [-0.1, -0.05) is 24.3 Å². The average Bonchev–Trinajstić information content (AvgIpc) is 2.81. The van der Waals surface area contributed by atoms with E-state index >= 15 is 0 Å². The van der Waals surface area contributed by atoms with E-state index in [1.807, 2.05) is 0 Å². The Bertz CT molecular complexity index is 1220. The number of phenolic OH excluding ortho intramolecular Hbond substituents is 1. The van der Waals surface area contributed by atoms with Crippen LogP contribution in [0.1, 0.15) is 50.0 Å². The summed E-state index contributed by atoms with van der Waals surface area (Å²) in [5.74, 6) is -2.14. The average molecular weight is 480 g/mol. The van der Waals surface area contributed by atoms with Crippen molar-refractivity contribution < 1.29 is 29.0 Å². The summed E-state index contributed by atoms with van der Waals surface area (Å²) in [5, 5.41) is 23.7. The van der Waals surface area contributed by atoms with Gasteiger partial charge in [0.05, 0.1) is 11.2 Å². The molecule has 0 fully saturated rings. The third-order valence-corrected chi connectivity index (χ3v) is 6.50. The van der Waals surface area contributed by atoms with Crippen molar-refractivity contribution in [3.63, 3.8) is 0 Å². The number of benzene rings is 2. The number of nitrogens with one attached hydrogen (secondary N) is 1. The zero-order chi connectivity index (χ0) is 25.9. The van der Waals surface area contributed by atoms with Crippen molar-refractivity contribution in [2.75, 3.05) is 6.54 Å². The Kier molecular flexibility index (Phi) is 7.70. The van der Waals surface area contributed by atoms with Crippen molar-refractivity contribution in [2.45, 2.75) is 46.1 Å². The summed E-state index contributed by atoms with van der Waals surface area (Å²) in [7, 11) is 0. The molecule has 3 rings (SSSR count). The first kappa shape index (κ1) is 26.0. The van der Waals surface area contributed by atoms with Crippen LogP contribution in [0, 0.1) is 11.7 Å². The van der Waals surface area contributed by atoms with Crippen molar-refractivity contribution in [1.29, 1.82) is 0 Å². The number of halogens is 1. The van der Waals surface area contributed by atoms with Gasteiger partial charge in [-0.15, -0.1) is 0 Å². The molecule has 2 unspecified atom stereocenters. The second-order valence-corrected chi connectivity index (χ2v) is 9.38. The predicted octanol–water partition coefficient (Wildman–Crippen LogP) is 4.07. The molecule has 0 spiro atoms. The highest BCUT2D eigenvalue weighted by molar-refractivity contribution is 6.24. The first-order valence-electron chi connectivity index (χ1n) is 11.4. The van der Waals surface area contributed by atoms with E-state index in [0.29, 0.717) is 28.7 Å². The quantitative estimate of drug-likeness (QED) is 0.496. The highest BCUT2D eigenvalue weighted by atomic mass is 19.1. The number of carbonyl (C=O) groups excluding carboxylic acids is 3. The molecule has 184 valence electrons. The molecule has 1 aliphatic rings. The topological polar surface area (TPSA) is 104 Å². The zero-order valence-corrected chi connectivity index (χ0v) is 20.3. The first-order chi connectivity index (χ1) is 16.4. The largest absolute Gasteiger partial charge is 0.507 e. The zero-order valence-electron chi connectivity index (χ0n) is 20.3. The van der Waals surface area contributed by atoms with Crippen molar-refractivity contribution in [3.05, 3.63) is 87.8 Å². The Labute approximate surface area is 204 Å². The summed E-state index contributed by atoms with van der Waals surface area (Å²) < 4.78 is 13.5. The lowest BCUT2D eigenvalue weighted by atomic mass is 9.74. The maximum atomic E-state index is 13.5. The number of ketones is 2. The van der Waals surface area contributed by atoms with E-state index in [0.717, 1.165) is 5.56 Å². The van der Waals surface area contributed by atoms with Gasteiger partial charge in [0.25, 0.3) is 5.91 Å². The Morgan fingerprint density at radius 2 is 1.57 bits per heavy atom. The fourth-order valence-corrected chi connectivity index (χ4v) is 4.42. The molecule has 3 N–H and O–H groups in total. The van der Waals surface area contributed by atoms with E-state index in [1.54, 1.807) is 45.0 Å². The molecule has 1 amide bonds. The number of allylic oxidation sites excluding steroid dienone is 4. The standard InChI is InChI=1S/C28H30FNO5/c1-16-17(2)26(33)24(18(3)25(16)32)20(13-19-9-11-21(29)12-10-19)14-28(4,35)15-30-27(34)22-7-5-6-8-23(22)31/h5-12,20,31,35H,13-15H2,1-4H3,(H,30,34). The van der Waals surface area contributed by atoms with E-state index in [1.165, 1.54) is 31.2 Å². The third kappa shape index (κ3) is 5.92. The van der Waals surface area contributed by atoms with E-state index in [2.05, 4.69) is 5.32 Å². The maximum Gasteiger partial charge on any atom is 0.255 e. The molecule has 1 aliphatic carbocycles. The molecule has 0 saturated carbocycles. The van der Waals surface area contributed by atoms with Gasteiger partial charge in [0.2, 0.25) is 0 Å². The molecule has 0 saturated heterocycles. The molecule has 0 radical (unpaired) electrons. The molecule has 2 aromatic carbocycles. The van der Waals surface area contributed by atoms with Crippen LogP contribution in [0.25, 0.3) is 0 Å². The third-order valence-electron chi connectivity index (χ3n) is 6.50. The smallest absolute Gasteiger partial charge is 0.255 e. The summed E-state index contributed by atoms with van der Waals surface area (Å²) in [6.07, 6.45) is 0.353. The van der Waals surface area contributed by atoms with Gasteiger partial charge in [-0.05, 0) is 76.3 Å². The SMILES string of the molecule is CC1=C(C)C(=O)C(C(Cc2ccc(F)cc2)CC(C)(O)CNC(=O)c2ccccc2O)=C(C)C1=O. The van der Waals surface area contributed by atoms with Gasteiger partial charge in [0.15, 0.2) is 11.6 Å². The monoisotopic (exact) mass is 479 g/mol. The second kappa shape index (κ2) is 10.4. The Balaban J connectivity index is 1.88. The Morgan fingerprint density at radius 3 is 2.20 bits per heavy atom. The number of carbonyl (C=O) groups is 3. The summed E-state index contributed by atoms with van der Waals surface area (Å²) in [5.41, 5.74) is 0.800. The molecule has 0 aliphatic heterocycles. The molecule has 7 heteroatoms. The van der Waals surface area contributed by atoms with Crippen LogP contribution in [-0.4, -0.2) is 39.8 Å². The highest BCUT2D eigenvalue weighted by Gasteiger charge is 2.36. The second-order valence-electron chi connectivity index (χ2n) is 9.38. The lowest BCUT2D eigenvalue weighted by Gasteiger charge is -2.32. The summed E-state index contributed by atoms with van der Waals surface area (Å²) in [4.78, 5) is 38.6. The predicted molar refractivity (Wildman–Crippen MR) is 130 cm³/mol. The van der Waals surface area contributed by atoms with Crippen molar-refractivity contribution in [3.8, 4) is 5.75 Å². The molecule has 6 nitrogen and oxygen atoms in total. The number of Topliss-reactive ketones (excluding diaryl/α,β-unsaturated/α-hetero) is 2. The fraction of sp³-hybridized carbons (Fsp3) is 0.321. The molecular formula is C28H30FNO5. The number of amides is 1. The lowest BCUT2D eigenvalue weighted by Crippen LogP contribution is -2.43. The number of aliphatic hydroxyl groups is 1. The molecule has 0 heterocycles. The highest BCUT2D eigenvalue weighted by Crippen LogP contribution is 2.35. The molecule has 2 atom stereocenters. The number of hydrogen-bond acceptors (Lipinski definition) is 5. The van der Waals surface area contributed by atoms with Gasteiger partial charge in [0.1, 0.15) is 11.6 Å². The van der Waals surface area contributed by atoms with E-state index < -0.39 is 23.2 Å². The van der Waals surface area contributed by atoms with Crippen molar-refractivity contribution in [2.24, 2.45) is 5.92 Å². The maximum absolute atomic E-state index is 13.5. The van der Waals surface area contributed by atoms with Gasteiger partial charge in [-0.2, -0.15) is 0 Å². The number of hydrogen-bond donors (Lipinski definition) is 3. The van der Waals surface area contributed by atoms with Crippen LogP contribution in [0.5, 0.6) is 5.75 Å². The van der Waals surface area contributed by atoms with Crippen molar-refractivity contribution in [1.82, 2.24) is 5.32 Å². The van der Waals surface area contributed by atoms with Crippen LogP contribution >= 0.6 is 0 Å². The molecule has 0 aromatic heterocycles. The van der Waals surface area contributed by atoms with Crippen LogP contribution in [0.4, 0.5) is 4.39 Å². The summed E-state index contributed by atoms with van der Waals surface area (Å²) >= 11 is 0. The molecule has 35 heavy (non-hydrogen) atoms. The minimum atomic E-state index is -1.45. The van der Waals surface area contributed by atoms with Gasteiger partial charge in [-0.3, -0.25) is 14.4 Å². The first-order valence-corrected chi connectivity index (χ1v) is 11.4. The van der Waals surface area contributed by atoms with Gasteiger partial charge in [-0.25, -0.2) is 4.39 Å². The van der Waals surface area contributed by atoms with Crippen LogP contribution < -0.4 is 5.32 Å². The normalized spacial score (nSPS) is 16.9. The number of rotatable bonds is 8. The van der Waals surface area contributed by atoms with Gasteiger partial charge in [0, 0.05) is 28.8 Å². The van der Waals surface area contributed by atoms with Crippen molar-refractivity contribution >= 4 is 17.5 Å². The van der Waals surface area contributed by atoms with Crippen LogP contribution in [0.15, 0.2) is 70.8 Å².